The van der Waals surface area contributed by atoms with Gasteiger partial charge in [-0.3, -0.25) is 0 Å². The molecule has 0 radical (unpaired) electrons. The zero-order valence-electron chi connectivity index (χ0n) is 26.9. The number of rotatable bonds is 28. The van der Waals surface area contributed by atoms with Crippen LogP contribution in [0, 0.1) is 0 Å². The van der Waals surface area contributed by atoms with E-state index in [1.54, 1.807) is 12.2 Å². The van der Waals surface area contributed by atoms with Crippen LogP contribution in [0.4, 0.5) is 0 Å². The minimum atomic E-state index is -1.13. The second-order valence-corrected chi connectivity index (χ2v) is 10.9. The van der Waals surface area contributed by atoms with Gasteiger partial charge in [-0.25, -0.2) is 0 Å². The monoisotopic (exact) mass is 598 g/mol. The van der Waals surface area contributed by atoms with E-state index < -0.39 is 11.9 Å². The zero-order valence-corrected chi connectivity index (χ0v) is 29.1. The molecule has 232 valence electrons. The number of aliphatic carboxylic acids is 2. The summed E-state index contributed by atoms with van der Waals surface area (Å²) in [5, 5.41) is 20.2. The van der Waals surface area contributed by atoms with Gasteiger partial charge in [-0.05, 0) is 37.8 Å². The van der Waals surface area contributed by atoms with Crippen LogP contribution in [-0.4, -0.2) is 49.7 Å². The van der Waals surface area contributed by atoms with Gasteiger partial charge >= 0.3 is 37.7 Å². The molecule has 0 aliphatic carbocycles. The van der Waals surface area contributed by atoms with Gasteiger partial charge in [0.15, 0.2) is 0 Å². The fourth-order valence-corrected chi connectivity index (χ4v) is 4.47. The average molecular weight is 599 g/mol. The van der Waals surface area contributed by atoms with Gasteiger partial charge < -0.3 is 19.8 Å². The smallest absolute Gasteiger partial charge is 0.545 e. The summed E-state index contributed by atoms with van der Waals surface area (Å²) < 4.78 is 0. The summed E-state index contributed by atoms with van der Waals surface area (Å²) in [4.78, 5) is 20.2. The number of carbonyl (C=O) groups is 2. The van der Waals surface area contributed by atoms with Crippen molar-refractivity contribution < 1.29 is 19.8 Å². The van der Waals surface area contributed by atoms with E-state index in [0.29, 0.717) is 0 Å². The van der Waals surface area contributed by atoms with Crippen molar-refractivity contribution in [1.82, 2.24) is 0 Å². The largest absolute Gasteiger partial charge is 2.00 e. The van der Waals surface area contributed by atoms with Gasteiger partial charge in [0.2, 0.25) is 0 Å². The first kappa shape index (κ1) is 44.6. The Labute approximate surface area is 284 Å². The zero-order chi connectivity index (χ0) is 29.8. The molecule has 0 amide bonds. The van der Waals surface area contributed by atoms with Gasteiger partial charge in [-0.15, -0.1) is 0 Å². The SMILES string of the molecule is CCCCCCCCCCCCCC=CC=CC(=O)[O-].CCCCCCCCCCCCCC=CC=CC(=O)[O-].[Ca+2]. The second kappa shape index (κ2) is 41.3. The van der Waals surface area contributed by atoms with Crippen LogP contribution >= 0.6 is 0 Å². The Bertz CT molecular complexity index is 596. The molecule has 0 aromatic heterocycles. The van der Waals surface area contributed by atoms with Gasteiger partial charge in [-0.2, -0.15) is 0 Å². The molecule has 0 saturated heterocycles. The number of unbranched alkanes of at least 4 members (excludes halogenated alkanes) is 22. The molecule has 5 heteroatoms. The fraction of sp³-hybridized carbons (Fsp3) is 0.722. The number of carboxylic acid groups (broad SMARTS) is 2. The Hall–Kier alpha value is -0.840. The van der Waals surface area contributed by atoms with E-state index >= 15 is 0 Å². The number of carbonyl (C=O) groups excluding carboxylic acids is 2. The van der Waals surface area contributed by atoms with Crippen LogP contribution in [0.15, 0.2) is 48.6 Å². The Morgan fingerprint density at radius 2 is 0.659 bits per heavy atom. The van der Waals surface area contributed by atoms with Crippen molar-refractivity contribution in [2.45, 2.75) is 168 Å². The Kier molecular flexibility index (Phi) is 44.9. The van der Waals surface area contributed by atoms with Crippen molar-refractivity contribution in [2.24, 2.45) is 0 Å². The summed E-state index contributed by atoms with van der Waals surface area (Å²) in [5.41, 5.74) is 0. The summed E-state index contributed by atoms with van der Waals surface area (Å²) in [5.74, 6) is -2.27. The predicted octanol–water partition coefficient (Wildman–Crippen LogP) is 8.72. The van der Waals surface area contributed by atoms with E-state index in [-0.39, 0.29) is 37.7 Å². The molecular formula is C36H62CaO4. The third-order valence-electron chi connectivity index (χ3n) is 6.91. The molecule has 0 unspecified atom stereocenters. The molecule has 0 aliphatic rings. The number of carboxylic acids is 2. The first-order valence-electron chi connectivity index (χ1n) is 16.6. The fourth-order valence-electron chi connectivity index (χ4n) is 4.47. The van der Waals surface area contributed by atoms with Gasteiger partial charge in [0.05, 0.1) is 11.9 Å². The molecule has 0 heterocycles. The number of hydrogen-bond donors (Lipinski definition) is 0. The topological polar surface area (TPSA) is 80.3 Å². The first-order valence-corrected chi connectivity index (χ1v) is 16.6. The molecule has 0 fully saturated rings. The summed E-state index contributed by atoms with van der Waals surface area (Å²) >= 11 is 0. The standard InChI is InChI=1S/2C18H32O2.Ca/c2*1-2-3-4-5-6-7-8-9-10-11-12-13-14-15-16-17-18(19)20;/h2*14-17H,2-13H2,1H3,(H,19,20);/q;;+2/p-2. The minimum Gasteiger partial charge on any atom is -0.545 e. The summed E-state index contributed by atoms with van der Waals surface area (Å²) in [6, 6.07) is 0. The predicted molar refractivity (Wildman–Crippen MR) is 174 cm³/mol. The molecule has 0 aromatic carbocycles. The van der Waals surface area contributed by atoms with Crippen molar-refractivity contribution in [3.05, 3.63) is 48.6 Å². The van der Waals surface area contributed by atoms with E-state index in [0.717, 1.165) is 25.0 Å². The molecule has 41 heavy (non-hydrogen) atoms. The van der Waals surface area contributed by atoms with Gasteiger partial charge in [0.1, 0.15) is 0 Å². The molecule has 0 atom stereocenters. The Morgan fingerprint density at radius 3 is 0.902 bits per heavy atom. The maximum absolute atomic E-state index is 10.1. The average Bonchev–Trinajstić information content (AvgIpc) is 2.93. The van der Waals surface area contributed by atoms with Gasteiger partial charge in [0, 0.05) is 0 Å². The van der Waals surface area contributed by atoms with Crippen LogP contribution < -0.4 is 10.2 Å². The van der Waals surface area contributed by atoms with Crippen molar-refractivity contribution in [3.63, 3.8) is 0 Å². The summed E-state index contributed by atoms with van der Waals surface area (Å²) in [6.07, 6.45) is 44.7. The maximum atomic E-state index is 10.1. The molecule has 0 rings (SSSR count). The van der Waals surface area contributed by atoms with E-state index in [2.05, 4.69) is 13.8 Å². The maximum Gasteiger partial charge on any atom is 2.00 e. The summed E-state index contributed by atoms with van der Waals surface area (Å²) in [6.45, 7) is 4.52. The van der Waals surface area contributed by atoms with Crippen molar-refractivity contribution in [2.75, 3.05) is 0 Å². The van der Waals surface area contributed by atoms with Gasteiger partial charge in [-0.1, -0.05) is 179 Å². The van der Waals surface area contributed by atoms with Crippen LogP contribution in [0.25, 0.3) is 0 Å². The van der Waals surface area contributed by atoms with E-state index in [4.69, 9.17) is 0 Å². The van der Waals surface area contributed by atoms with E-state index in [1.807, 2.05) is 12.2 Å². The molecule has 0 aliphatic heterocycles. The summed E-state index contributed by atoms with van der Waals surface area (Å²) in [7, 11) is 0. The van der Waals surface area contributed by atoms with Crippen molar-refractivity contribution in [1.29, 1.82) is 0 Å². The third-order valence-corrected chi connectivity index (χ3v) is 6.91. The normalized spacial score (nSPS) is 11.4. The van der Waals surface area contributed by atoms with E-state index in [1.165, 1.54) is 153 Å². The first-order chi connectivity index (χ1) is 19.5. The molecule has 4 nitrogen and oxygen atoms in total. The Balaban J connectivity index is -0.000000688. The second-order valence-electron chi connectivity index (χ2n) is 10.9. The van der Waals surface area contributed by atoms with Crippen LogP contribution in [-0.2, 0) is 9.59 Å². The molecule has 0 spiro atoms. The molecular weight excluding hydrogens is 536 g/mol. The van der Waals surface area contributed by atoms with Crippen molar-refractivity contribution >= 4 is 49.7 Å². The van der Waals surface area contributed by atoms with Crippen LogP contribution in [0.3, 0.4) is 0 Å². The van der Waals surface area contributed by atoms with Crippen LogP contribution in [0.5, 0.6) is 0 Å². The van der Waals surface area contributed by atoms with Crippen LogP contribution in [0.1, 0.15) is 168 Å². The third kappa shape index (κ3) is 49.2. The molecule has 0 saturated carbocycles. The quantitative estimate of drug-likeness (QED) is 0.0390. The van der Waals surface area contributed by atoms with E-state index in [9.17, 15) is 19.8 Å². The number of hydrogen-bond acceptors (Lipinski definition) is 4. The minimum absolute atomic E-state index is 0. The molecule has 0 N–H and O–H groups in total. The molecule has 0 bridgehead atoms. The Morgan fingerprint density at radius 1 is 0.415 bits per heavy atom. The van der Waals surface area contributed by atoms with Crippen molar-refractivity contribution in [3.8, 4) is 0 Å². The van der Waals surface area contributed by atoms with Gasteiger partial charge in [0.25, 0.3) is 0 Å². The van der Waals surface area contributed by atoms with Crippen LogP contribution in [0.2, 0.25) is 0 Å². The molecule has 0 aromatic rings. The number of allylic oxidation sites excluding steroid dienone is 6.